The summed E-state index contributed by atoms with van der Waals surface area (Å²) < 4.78 is 17.5. The summed E-state index contributed by atoms with van der Waals surface area (Å²) in [7, 11) is 0. The van der Waals surface area contributed by atoms with E-state index in [0.717, 1.165) is 0 Å². The fourth-order valence-electron chi connectivity index (χ4n) is 1.29. The summed E-state index contributed by atoms with van der Waals surface area (Å²) in [6.07, 6.45) is 1.31. The van der Waals surface area contributed by atoms with Gasteiger partial charge in [0, 0.05) is 17.8 Å². The zero-order valence-corrected chi connectivity index (χ0v) is 8.97. The molecule has 0 unspecified atom stereocenters. The third-order valence-corrected chi connectivity index (χ3v) is 2.15. The maximum absolute atomic E-state index is 12.1. The molecule has 0 saturated heterocycles. The number of Topliss-reactive ketones (excluding diaryl/α,β-unsaturated/α-hetero) is 1. The number of hydrogen-bond acceptors (Lipinski definition) is 3. The molecule has 0 aliphatic carbocycles. The van der Waals surface area contributed by atoms with Crippen molar-refractivity contribution in [1.29, 1.82) is 0 Å². The van der Waals surface area contributed by atoms with E-state index in [1.165, 1.54) is 18.3 Å². The van der Waals surface area contributed by atoms with E-state index < -0.39 is 12.5 Å². The summed E-state index contributed by atoms with van der Waals surface area (Å²) >= 11 is 0. The van der Waals surface area contributed by atoms with Crippen LogP contribution in [0.25, 0.3) is 0 Å². The van der Waals surface area contributed by atoms with E-state index in [1.54, 1.807) is 12.1 Å². The normalized spacial score (nSPS) is 9.94. The van der Waals surface area contributed by atoms with Crippen LogP contribution in [0.15, 0.2) is 48.7 Å². The Labute approximate surface area is 97.9 Å². The van der Waals surface area contributed by atoms with Crippen LogP contribution in [0.1, 0.15) is 10.4 Å². The molecule has 0 bridgehead atoms. The molecule has 1 aromatic heterocycles. The van der Waals surface area contributed by atoms with Gasteiger partial charge in [0.05, 0.1) is 0 Å². The molecule has 0 N–H and O–H groups in total. The number of hydrogen-bond donors (Lipinski definition) is 0. The van der Waals surface area contributed by atoms with E-state index >= 15 is 0 Å². The van der Waals surface area contributed by atoms with Crippen molar-refractivity contribution in [3.05, 3.63) is 54.2 Å². The molecule has 0 aliphatic heterocycles. The van der Waals surface area contributed by atoms with Crippen LogP contribution in [-0.2, 0) is 0 Å². The number of ether oxygens (including phenoxy) is 1. The minimum Gasteiger partial charge on any atom is -0.439 e. The van der Waals surface area contributed by atoms with Crippen molar-refractivity contribution in [3.8, 4) is 11.6 Å². The molecule has 0 atom stereocenters. The van der Waals surface area contributed by atoms with Crippen LogP contribution >= 0.6 is 0 Å². The lowest BCUT2D eigenvalue weighted by atomic mass is 10.2. The van der Waals surface area contributed by atoms with Crippen molar-refractivity contribution in [1.82, 2.24) is 4.98 Å². The number of alkyl halides is 1. The molecule has 17 heavy (non-hydrogen) atoms. The van der Waals surface area contributed by atoms with Gasteiger partial charge >= 0.3 is 0 Å². The number of rotatable bonds is 4. The smallest absolute Gasteiger partial charge is 0.219 e. The molecular formula is C13H10FNO2. The average Bonchev–Trinajstić information content (AvgIpc) is 2.40. The Morgan fingerprint density at radius 2 is 1.94 bits per heavy atom. The van der Waals surface area contributed by atoms with Gasteiger partial charge in [-0.05, 0) is 18.2 Å². The van der Waals surface area contributed by atoms with E-state index in [1.807, 2.05) is 18.2 Å². The van der Waals surface area contributed by atoms with Crippen molar-refractivity contribution in [3.63, 3.8) is 0 Å². The van der Waals surface area contributed by atoms with Crippen LogP contribution in [0.2, 0.25) is 0 Å². The summed E-state index contributed by atoms with van der Waals surface area (Å²) in [6.45, 7) is -1.01. The SMILES string of the molecule is O=C(CF)c1ccc(Oc2ccccc2)nc1. The summed E-state index contributed by atoms with van der Waals surface area (Å²) in [5.74, 6) is 0.444. The maximum atomic E-state index is 12.1. The number of carbonyl (C=O) groups excluding carboxylic acids is 1. The minimum absolute atomic E-state index is 0.243. The Hall–Kier alpha value is -2.23. The van der Waals surface area contributed by atoms with Crippen LogP contribution in [0.3, 0.4) is 0 Å². The molecule has 0 amide bonds. The highest BCUT2D eigenvalue weighted by molar-refractivity contribution is 5.96. The van der Waals surface area contributed by atoms with E-state index in [-0.39, 0.29) is 5.56 Å². The highest BCUT2D eigenvalue weighted by atomic mass is 19.1. The molecule has 86 valence electrons. The first-order valence-corrected chi connectivity index (χ1v) is 5.08. The standard InChI is InChI=1S/C13H10FNO2/c14-8-12(16)10-6-7-13(15-9-10)17-11-4-2-1-3-5-11/h1-7,9H,8H2. The van der Waals surface area contributed by atoms with E-state index in [4.69, 9.17) is 4.74 Å². The summed E-state index contributed by atoms with van der Waals surface area (Å²) in [4.78, 5) is 15.0. The number of nitrogens with zero attached hydrogens (tertiary/aromatic N) is 1. The van der Waals surface area contributed by atoms with Gasteiger partial charge in [0.1, 0.15) is 5.75 Å². The Kier molecular flexibility index (Phi) is 3.45. The number of aromatic nitrogens is 1. The molecule has 3 nitrogen and oxygen atoms in total. The van der Waals surface area contributed by atoms with Crippen LogP contribution < -0.4 is 4.74 Å². The fraction of sp³-hybridized carbons (Fsp3) is 0.0769. The van der Waals surface area contributed by atoms with Gasteiger partial charge in [-0.15, -0.1) is 0 Å². The summed E-state index contributed by atoms with van der Waals surface area (Å²) in [5.41, 5.74) is 0.243. The molecule has 4 heteroatoms. The third kappa shape index (κ3) is 2.87. The van der Waals surface area contributed by atoms with Crippen LogP contribution in [-0.4, -0.2) is 17.4 Å². The predicted molar refractivity (Wildman–Crippen MR) is 61.1 cm³/mol. The van der Waals surface area contributed by atoms with Gasteiger partial charge in [-0.2, -0.15) is 0 Å². The van der Waals surface area contributed by atoms with Crippen LogP contribution in [0.5, 0.6) is 11.6 Å². The van der Waals surface area contributed by atoms with Gasteiger partial charge in [0.15, 0.2) is 12.5 Å². The van der Waals surface area contributed by atoms with E-state index in [2.05, 4.69) is 4.98 Å². The Morgan fingerprint density at radius 3 is 2.53 bits per heavy atom. The molecule has 1 heterocycles. The van der Waals surface area contributed by atoms with Crippen molar-refractivity contribution in [2.75, 3.05) is 6.67 Å². The highest BCUT2D eigenvalue weighted by Gasteiger charge is 2.05. The lowest BCUT2D eigenvalue weighted by molar-refractivity contribution is 0.0958. The van der Waals surface area contributed by atoms with Crippen LogP contribution in [0.4, 0.5) is 4.39 Å². The number of benzene rings is 1. The van der Waals surface area contributed by atoms with Gasteiger partial charge in [-0.25, -0.2) is 9.37 Å². The largest absolute Gasteiger partial charge is 0.439 e. The molecule has 0 radical (unpaired) electrons. The molecular weight excluding hydrogens is 221 g/mol. The van der Waals surface area contributed by atoms with Gasteiger partial charge in [0.2, 0.25) is 5.88 Å². The first kappa shape index (κ1) is 11.3. The zero-order chi connectivity index (χ0) is 12.1. The lowest BCUT2D eigenvalue weighted by Crippen LogP contribution is -2.01. The Morgan fingerprint density at radius 1 is 1.18 bits per heavy atom. The number of ketones is 1. The minimum atomic E-state index is -1.01. The second kappa shape index (κ2) is 5.21. The average molecular weight is 231 g/mol. The molecule has 0 saturated carbocycles. The number of para-hydroxylation sites is 1. The van der Waals surface area contributed by atoms with Gasteiger partial charge < -0.3 is 4.74 Å². The molecule has 2 aromatic rings. The van der Waals surface area contributed by atoms with Crippen LogP contribution in [0, 0.1) is 0 Å². The maximum Gasteiger partial charge on any atom is 0.219 e. The second-order valence-electron chi connectivity index (χ2n) is 3.36. The lowest BCUT2D eigenvalue weighted by Gasteiger charge is -2.04. The quantitative estimate of drug-likeness (QED) is 0.759. The topological polar surface area (TPSA) is 39.2 Å². The fourth-order valence-corrected chi connectivity index (χ4v) is 1.29. The summed E-state index contributed by atoms with van der Waals surface area (Å²) in [6, 6.07) is 12.2. The van der Waals surface area contributed by atoms with Crippen molar-refractivity contribution in [2.45, 2.75) is 0 Å². The van der Waals surface area contributed by atoms with Crippen molar-refractivity contribution < 1.29 is 13.9 Å². The molecule has 2 rings (SSSR count). The molecule has 0 fully saturated rings. The highest BCUT2D eigenvalue weighted by Crippen LogP contribution is 2.18. The summed E-state index contributed by atoms with van der Waals surface area (Å²) in [5, 5.41) is 0. The third-order valence-electron chi connectivity index (χ3n) is 2.15. The van der Waals surface area contributed by atoms with Gasteiger partial charge in [-0.3, -0.25) is 4.79 Å². The second-order valence-corrected chi connectivity index (χ2v) is 3.36. The monoisotopic (exact) mass is 231 g/mol. The Balaban J connectivity index is 2.11. The number of carbonyl (C=O) groups is 1. The first-order chi connectivity index (χ1) is 8.29. The van der Waals surface area contributed by atoms with Gasteiger partial charge in [-0.1, -0.05) is 18.2 Å². The molecule has 1 aromatic carbocycles. The van der Waals surface area contributed by atoms with Gasteiger partial charge in [0.25, 0.3) is 0 Å². The molecule has 0 aliphatic rings. The first-order valence-electron chi connectivity index (χ1n) is 5.08. The van der Waals surface area contributed by atoms with E-state index in [9.17, 15) is 9.18 Å². The van der Waals surface area contributed by atoms with Crippen molar-refractivity contribution >= 4 is 5.78 Å². The molecule has 0 spiro atoms. The number of halogens is 1. The number of pyridine rings is 1. The Bertz CT molecular complexity index is 497. The van der Waals surface area contributed by atoms with E-state index in [0.29, 0.717) is 11.6 Å². The van der Waals surface area contributed by atoms with Crippen molar-refractivity contribution in [2.24, 2.45) is 0 Å². The zero-order valence-electron chi connectivity index (χ0n) is 8.97. The predicted octanol–water partition coefficient (Wildman–Crippen LogP) is 3.03.